The second kappa shape index (κ2) is 12.4. The molecule has 0 amide bonds. The number of hydrogen-bond acceptors (Lipinski definition) is 9. The van der Waals surface area contributed by atoms with Crippen LogP contribution in [0.3, 0.4) is 0 Å². The Morgan fingerprint density at radius 1 is 1.20 bits per heavy atom. The largest absolute Gasteiger partial charge is 0.495 e. The quantitative estimate of drug-likeness (QED) is 0.273. The molecule has 1 fully saturated rings. The minimum absolute atomic E-state index is 0.0609. The minimum atomic E-state index is -4.53. The van der Waals surface area contributed by atoms with Crippen molar-refractivity contribution in [3.05, 3.63) is 41.0 Å². The van der Waals surface area contributed by atoms with Crippen molar-refractivity contribution in [2.75, 3.05) is 44.6 Å². The van der Waals surface area contributed by atoms with E-state index in [4.69, 9.17) is 37.4 Å². The van der Waals surface area contributed by atoms with Gasteiger partial charge in [0.1, 0.15) is 23.6 Å². The fraction of sp³-hybridized carbons (Fsp3) is 0.385. The van der Waals surface area contributed by atoms with E-state index in [2.05, 4.69) is 32.2 Å². The zero-order valence-corrected chi connectivity index (χ0v) is 23.1. The number of benzene rings is 1. The maximum Gasteiger partial charge on any atom is 0.405 e. The van der Waals surface area contributed by atoms with Gasteiger partial charge in [-0.15, -0.1) is 0 Å². The summed E-state index contributed by atoms with van der Waals surface area (Å²) in [6.07, 6.45) is -0.901. The number of rotatable bonds is 10. The number of alkyl halides is 3. The van der Waals surface area contributed by atoms with E-state index in [0.717, 1.165) is 0 Å². The predicted octanol–water partition coefficient (Wildman–Crippen LogP) is 5.95. The lowest BCUT2D eigenvalue weighted by atomic mass is 9.90. The van der Waals surface area contributed by atoms with Gasteiger partial charge in [-0.2, -0.15) is 13.2 Å². The number of nitrogens with zero attached hydrogens (tertiary/aromatic N) is 3. The van der Waals surface area contributed by atoms with Crippen LogP contribution in [0.1, 0.15) is 12.8 Å². The van der Waals surface area contributed by atoms with Gasteiger partial charge >= 0.3 is 6.18 Å². The fourth-order valence-electron chi connectivity index (χ4n) is 4.35. The average Bonchev–Trinajstić information content (AvgIpc) is 2.92. The number of fused-ring (bicyclic) bond motifs is 1. The Morgan fingerprint density at radius 3 is 2.52 bits per heavy atom. The summed E-state index contributed by atoms with van der Waals surface area (Å²) >= 11 is 13.1. The highest BCUT2D eigenvalue weighted by molar-refractivity contribution is 6.41. The van der Waals surface area contributed by atoms with E-state index in [1.807, 2.05) is 0 Å². The number of methoxy groups -OCH3 is 2. The smallest absolute Gasteiger partial charge is 0.405 e. The third-order valence-corrected chi connectivity index (χ3v) is 7.11. The average molecular weight is 600 g/mol. The third-order valence-electron chi connectivity index (χ3n) is 6.36. The number of pyridine rings is 1. The van der Waals surface area contributed by atoms with Crippen LogP contribution in [-0.4, -0.2) is 66.9 Å². The SMILES string of the molecule is C=CC(=O)C[C@H]1CCOC[C@H]1Nc1ncc2cc(-c3c(Cl)c(OC)cc(OC)c3Cl)nc(NCC(F)(F)F)c2n1. The molecule has 0 bridgehead atoms. The Kier molecular flexibility index (Phi) is 9.22. The Morgan fingerprint density at radius 2 is 1.90 bits per heavy atom. The number of allylic oxidation sites excluding steroid dienone is 1. The van der Waals surface area contributed by atoms with Crippen molar-refractivity contribution in [3.63, 3.8) is 0 Å². The van der Waals surface area contributed by atoms with Crippen LogP contribution in [0.4, 0.5) is 24.9 Å². The Hall–Kier alpha value is -3.35. The van der Waals surface area contributed by atoms with Crippen molar-refractivity contribution in [2.45, 2.75) is 25.1 Å². The summed E-state index contributed by atoms with van der Waals surface area (Å²) in [6.45, 7) is 2.97. The van der Waals surface area contributed by atoms with Gasteiger partial charge in [0, 0.05) is 36.2 Å². The number of carbonyl (C=O) groups is 1. The molecule has 2 N–H and O–H groups in total. The number of nitrogens with one attached hydrogen (secondary N) is 2. The molecule has 0 unspecified atom stereocenters. The standard InChI is InChI=1S/C26H26Cl2F3N5O4/c1-4-15(37)7-13-5-6-40-11-17(13)35-25-32-10-14-8-16(34-24(23(14)36-25)33-12-26(29,30)31)20-21(27)18(38-2)9-19(39-3)22(20)28/h4,8-10,13,17H,1,5-7,11-12H2,2-3H3,(H,33,34)(H,32,35,36)/t13-,17-/m1/s1. The Labute approximate surface area is 238 Å². The van der Waals surface area contributed by atoms with Crippen LogP contribution < -0.4 is 20.1 Å². The highest BCUT2D eigenvalue weighted by Crippen LogP contribution is 2.46. The minimum Gasteiger partial charge on any atom is -0.495 e. The van der Waals surface area contributed by atoms with E-state index in [0.29, 0.717) is 25.0 Å². The van der Waals surface area contributed by atoms with Crippen molar-refractivity contribution < 1.29 is 32.2 Å². The van der Waals surface area contributed by atoms with Crippen LogP contribution in [0.15, 0.2) is 31.0 Å². The first-order valence-corrected chi connectivity index (χ1v) is 12.9. The molecule has 9 nitrogen and oxygen atoms in total. The number of ketones is 1. The number of aromatic nitrogens is 3. The van der Waals surface area contributed by atoms with Gasteiger partial charge in [0.2, 0.25) is 5.95 Å². The number of hydrogen-bond donors (Lipinski definition) is 2. The zero-order chi connectivity index (χ0) is 29.0. The fourth-order valence-corrected chi connectivity index (χ4v) is 5.04. The monoisotopic (exact) mass is 599 g/mol. The second-order valence-corrected chi connectivity index (χ2v) is 9.75. The molecule has 1 aromatic carbocycles. The third kappa shape index (κ3) is 6.68. The lowest BCUT2D eigenvalue weighted by Gasteiger charge is -2.31. The summed E-state index contributed by atoms with van der Waals surface area (Å²) in [7, 11) is 2.81. The highest BCUT2D eigenvalue weighted by Gasteiger charge is 2.30. The van der Waals surface area contributed by atoms with Crippen LogP contribution in [-0.2, 0) is 9.53 Å². The molecule has 14 heteroatoms. The van der Waals surface area contributed by atoms with E-state index in [1.165, 1.54) is 32.6 Å². The van der Waals surface area contributed by atoms with Gasteiger partial charge < -0.3 is 24.8 Å². The molecule has 3 heterocycles. The topological polar surface area (TPSA) is 107 Å². The lowest BCUT2D eigenvalue weighted by Crippen LogP contribution is -2.40. The van der Waals surface area contributed by atoms with Crippen molar-refractivity contribution >= 4 is 51.7 Å². The van der Waals surface area contributed by atoms with Crippen LogP contribution >= 0.6 is 23.2 Å². The van der Waals surface area contributed by atoms with E-state index in [9.17, 15) is 18.0 Å². The van der Waals surface area contributed by atoms with Crippen molar-refractivity contribution in [2.24, 2.45) is 5.92 Å². The maximum absolute atomic E-state index is 13.2. The van der Waals surface area contributed by atoms with Crippen molar-refractivity contribution in [1.29, 1.82) is 0 Å². The molecule has 1 saturated heterocycles. The van der Waals surface area contributed by atoms with E-state index in [-0.39, 0.29) is 74.2 Å². The van der Waals surface area contributed by atoms with Crippen LogP contribution in [0.5, 0.6) is 11.5 Å². The summed E-state index contributed by atoms with van der Waals surface area (Å²) in [6, 6.07) is 2.75. The van der Waals surface area contributed by atoms with Crippen molar-refractivity contribution in [1.82, 2.24) is 15.0 Å². The molecule has 2 aromatic heterocycles. The molecule has 0 saturated carbocycles. The molecule has 40 heavy (non-hydrogen) atoms. The van der Waals surface area contributed by atoms with Gasteiger partial charge in [0.15, 0.2) is 11.6 Å². The molecule has 0 spiro atoms. The lowest BCUT2D eigenvalue weighted by molar-refractivity contribution is -0.116. The number of carbonyl (C=O) groups excluding carboxylic acids is 1. The summed E-state index contributed by atoms with van der Waals surface area (Å²) < 4.78 is 55.8. The van der Waals surface area contributed by atoms with Crippen molar-refractivity contribution in [3.8, 4) is 22.8 Å². The van der Waals surface area contributed by atoms with E-state index in [1.54, 1.807) is 6.07 Å². The van der Waals surface area contributed by atoms with Gasteiger partial charge in [-0.05, 0) is 24.5 Å². The van der Waals surface area contributed by atoms with Crippen LogP contribution in [0.25, 0.3) is 22.2 Å². The van der Waals surface area contributed by atoms with Gasteiger partial charge in [0.05, 0.1) is 42.6 Å². The molecule has 0 radical (unpaired) electrons. The molecule has 4 rings (SSSR count). The van der Waals surface area contributed by atoms with Gasteiger partial charge in [-0.3, -0.25) is 4.79 Å². The van der Waals surface area contributed by atoms with Gasteiger partial charge in [-0.25, -0.2) is 15.0 Å². The van der Waals surface area contributed by atoms with Gasteiger partial charge in [-0.1, -0.05) is 29.8 Å². The summed E-state index contributed by atoms with van der Waals surface area (Å²) in [5.41, 5.74) is 0.480. The van der Waals surface area contributed by atoms with Crippen LogP contribution in [0, 0.1) is 5.92 Å². The second-order valence-electron chi connectivity index (χ2n) is 8.99. The Bertz CT molecular complexity index is 1400. The molecule has 1 aliphatic rings. The molecular formula is C26H26Cl2F3N5O4. The summed E-state index contributed by atoms with van der Waals surface area (Å²) in [5, 5.41) is 6.04. The highest BCUT2D eigenvalue weighted by atomic mass is 35.5. The normalized spacial score (nSPS) is 17.4. The van der Waals surface area contributed by atoms with E-state index < -0.39 is 12.7 Å². The zero-order valence-electron chi connectivity index (χ0n) is 21.6. The molecule has 214 valence electrons. The first-order valence-electron chi connectivity index (χ1n) is 12.1. The number of halogens is 5. The molecule has 0 aliphatic carbocycles. The maximum atomic E-state index is 13.2. The van der Waals surface area contributed by atoms with Gasteiger partial charge in [0.25, 0.3) is 0 Å². The number of anilines is 2. The van der Waals surface area contributed by atoms with Crippen LogP contribution in [0.2, 0.25) is 10.0 Å². The summed E-state index contributed by atoms with van der Waals surface area (Å²) in [4.78, 5) is 25.2. The predicted molar refractivity (Wildman–Crippen MR) is 147 cm³/mol. The number of ether oxygens (including phenoxy) is 3. The first kappa shape index (κ1) is 29.6. The molecule has 3 aromatic rings. The molecule has 1 aliphatic heterocycles. The molecule has 2 atom stereocenters. The summed E-state index contributed by atoms with van der Waals surface area (Å²) in [5.74, 6) is 0.290. The first-order chi connectivity index (χ1) is 19.0. The van der Waals surface area contributed by atoms with E-state index >= 15 is 0 Å². The Balaban J connectivity index is 1.79. The molecular weight excluding hydrogens is 574 g/mol.